The van der Waals surface area contributed by atoms with Gasteiger partial charge in [0.05, 0.1) is 15.5 Å². The number of aromatic nitrogens is 2. The van der Waals surface area contributed by atoms with Crippen molar-refractivity contribution in [2.45, 2.75) is 24.9 Å². The first-order valence-electron chi connectivity index (χ1n) is 7.52. The summed E-state index contributed by atoms with van der Waals surface area (Å²) in [5.74, 6) is -0.901. The number of hydrogen-bond donors (Lipinski definition) is 1. The second kappa shape index (κ2) is 8.09. The SMILES string of the molecule is CCN(CC)S(=O)(=O)c1ccc(Cl)c(C(=O)Nc2nnc(C(F)(F)F)s2)c1. The molecule has 0 saturated carbocycles. The van der Waals surface area contributed by atoms with Crippen molar-refractivity contribution in [1.82, 2.24) is 14.5 Å². The van der Waals surface area contributed by atoms with Crippen LogP contribution in [0.25, 0.3) is 0 Å². The normalized spacial score (nSPS) is 12.4. The number of halogens is 4. The summed E-state index contributed by atoms with van der Waals surface area (Å²) < 4.78 is 64.0. The van der Waals surface area contributed by atoms with E-state index in [2.05, 4.69) is 15.5 Å². The first-order chi connectivity index (χ1) is 12.5. The number of anilines is 1. The fourth-order valence-electron chi connectivity index (χ4n) is 2.10. The molecule has 0 aliphatic carbocycles. The van der Waals surface area contributed by atoms with Gasteiger partial charge in [-0.05, 0) is 18.2 Å². The average Bonchev–Trinajstić information content (AvgIpc) is 3.04. The van der Waals surface area contributed by atoms with E-state index in [0.29, 0.717) is 0 Å². The average molecular weight is 443 g/mol. The molecule has 0 unspecified atom stereocenters. The number of benzene rings is 1. The third kappa shape index (κ3) is 4.75. The standard InChI is InChI=1S/C14H14ClF3N4O3S2/c1-3-22(4-2)27(24,25)8-5-6-10(15)9(7-8)11(23)19-13-21-20-12(26-13)14(16,17)18/h5-7H,3-4H2,1-2H3,(H,19,21,23). The Kier molecular flexibility index (Phi) is 6.45. The van der Waals surface area contributed by atoms with E-state index in [1.54, 1.807) is 13.8 Å². The van der Waals surface area contributed by atoms with E-state index < -0.39 is 27.1 Å². The molecule has 13 heteroatoms. The van der Waals surface area contributed by atoms with Gasteiger partial charge in [-0.25, -0.2) is 8.42 Å². The topological polar surface area (TPSA) is 92.3 Å². The molecular weight excluding hydrogens is 429 g/mol. The van der Waals surface area contributed by atoms with Gasteiger partial charge in [-0.15, -0.1) is 10.2 Å². The van der Waals surface area contributed by atoms with Crippen molar-refractivity contribution >= 4 is 44.0 Å². The van der Waals surface area contributed by atoms with Crippen molar-refractivity contribution in [3.8, 4) is 0 Å². The van der Waals surface area contributed by atoms with Gasteiger partial charge in [0.2, 0.25) is 20.2 Å². The fraction of sp³-hybridized carbons (Fsp3) is 0.357. The maximum atomic E-state index is 12.6. The summed E-state index contributed by atoms with van der Waals surface area (Å²) in [5.41, 5.74) is -0.214. The van der Waals surface area contributed by atoms with Crippen molar-refractivity contribution < 1.29 is 26.4 Å². The molecule has 27 heavy (non-hydrogen) atoms. The van der Waals surface area contributed by atoms with Gasteiger partial charge in [0.15, 0.2) is 0 Å². The minimum atomic E-state index is -4.68. The fourth-order valence-corrected chi connectivity index (χ4v) is 4.40. The van der Waals surface area contributed by atoms with E-state index in [4.69, 9.17) is 11.6 Å². The van der Waals surface area contributed by atoms with Crippen LogP contribution in [0.4, 0.5) is 18.3 Å². The molecule has 2 rings (SSSR count). The largest absolute Gasteiger partial charge is 0.445 e. The van der Waals surface area contributed by atoms with E-state index >= 15 is 0 Å². The van der Waals surface area contributed by atoms with Crippen LogP contribution in [-0.2, 0) is 16.2 Å². The lowest BCUT2D eigenvalue weighted by atomic mass is 10.2. The van der Waals surface area contributed by atoms with Gasteiger partial charge in [0, 0.05) is 13.1 Å². The Labute approximate surface area is 162 Å². The van der Waals surface area contributed by atoms with Crippen LogP contribution in [0, 0.1) is 0 Å². The molecule has 0 atom stereocenters. The van der Waals surface area contributed by atoms with Crippen molar-refractivity contribution in [2.24, 2.45) is 0 Å². The summed E-state index contributed by atoms with van der Waals surface area (Å²) in [6.07, 6.45) is -4.68. The molecule has 1 N–H and O–H groups in total. The van der Waals surface area contributed by atoms with Crippen molar-refractivity contribution in [2.75, 3.05) is 18.4 Å². The van der Waals surface area contributed by atoms with Crippen LogP contribution in [0.1, 0.15) is 29.2 Å². The zero-order valence-electron chi connectivity index (χ0n) is 14.0. The van der Waals surface area contributed by atoms with E-state index in [-0.39, 0.29) is 45.0 Å². The van der Waals surface area contributed by atoms with Gasteiger partial charge in [-0.3, -0.25) is 10.1 Å². The van der Waals surface area contributed by atoms with E-state index in [1.807, 2.05) is 0 Å². The molecule has 0 saturated heterocycles. The Balaban J connectivity index is 2.33. The second-order valence-electron chi connectivity index (χ2n) is 5.10. The number of nitrogens with zero attached hydrogens (tertiary/aromatic N) is 3. The van der Waals surface area contributed by atoms with Crippen LogP contribution >= 0.6 is 22.9 Å². The van der Waals surface area contributed by atoms with Crippen LogP contribution in [0.3, 0.4) is 0 Å². The molecule has 1 aromatic carbocycles. The van der Waals surface area contributed by atoms with Crippen LogP contribution in [0.15, 0.2) is 23.1 Å². The first-order valence-corrected chi connectivity index (χ1v) is 10.2. The molecular formula is C14H14ClF3N4O3S2. The molecule has 148 valence electrons. The van der Waals surface area contributed by atoms with Crippen LogP contribution in [0.5, 0.6) is 0 Å². The molecule has 1 amide bonds. The van der Waals surface area contributed by atoms with Crippen LogP contribution in [0.2, 0.25) is 5.02 Å². The van der Waals surface area contributed by atoms with Crippen molar-refractivity contribution in [3.63, 3.8) is 0 Å². The predicted octanol–water partition coefficient (Wildman–Crippen LogP) is 3.49. The number of amides is 1. The molecule has 7 nitrogen and oxygen atoms in total. The molecule has 0 aliphatic rings. The van der Waals surface area contributed by atoms with Gasteiger partial charge < -0.3 is 0 Å². The Hall–Kier alpha value is -1.76. The number of sulfonamides is 1. The van der Waals surface area contributed by atoms with Gasteiger partial charge in [0.1, 0.15) is 0 Å². The zero-order valence-corrected chi connectivity index (χ0v) is 16.4. The summed E-state index contributed by atoms with van der Waals surface area (Å²) in [7, 11) is -3.84. The minimum absolute atomic E-state index is 0.0634. The summed E-state index contributed by atoms with van der Waals surface area (Å²) in [6.45, 7) is 3.79. The van der Waals surface area contributed by atoms with Crippen LogP contribution in [-0.4, -0.2) is 41.9 Å². The molecule has 0 aliphatic heterocycles. The highest BCUT2D eigenvalue weighted by Crippen LogP contribution is 2.33. The van der Waals surface area contributed by atoms with Gasteiger partial charge in [0.25, 0.3) is 5.91 Å². The molecule has 1 aromatic heterocycles. The molecule has 0 spiro atoms. The Morgan fingerprint density at radius 3 is 2.41 bits per heavy atom. The second-order valence-corrected chi connectivity index (χ2v) is 8.42. The zero-order chi connectivity index (χ0) is 20.4. The summed E-state index contributed by atoms with van der Waals surface area (Å²) in [6, 6.07) is 3.55. The molecule has 1 heterocycles. The predicted molar refractivity (Wildman–Crippen MR) is 94.4 cm³/mol. The molecule has 0 radical (unpaired) electrons. The number of hydrogen-bond acceptors (Lipinski definition) is 6. The Morgan fingerprint density at radius 2 is 1.89 bits per heavy atom. The monoisotopic (exact) mass is 442 g/mol. The highest BCUT2D eigenvalue weighted by atomic mass is 35.5. The highest BCUT2D eigenvalue weighted by molar-refractivity contribution is 7.89. The van der Waals surface area contributed by atoms with Crippen LogP contribution < -0.4 is 5.32 Å². The highest BCUT2D eigenvalue weighted by Gasteiger charge is 2.36. The maximum absolute atomic E-state index is 12.6. The number of carbonyl (C=O) groups excluding carboxylic acids is 1. The lowest BCUT2D eigenvalue weighted by molar-refractivity contribution is -0.138. The molecule has 0 bridgehead atoms. The van der Waals surface area contributed by atoms with Crippen molar-refractivity contribution in [1.29, 1.82) is 0 Å². The minimum Gasteiger partial charge on any atom is -0.296 e. The third-order valence-electron chi connectivity index (χ3n) is 3.41. The van der Waals surface area contributed by atoms with E-state index in [1.165, 1.54) is 16.4 Å². The summed E-state index contributed by atoms with van der Waals surface area (Å²) >= 11 is 6.09. The Bertz CT molecular complexity index is 943. The van der Waals surface area contributed by atoms with E-state index in [9.17, 15) is 26.4 Å². The first kappa shape index (κ1) is 21.5. The van der Waals surface area contributed by atoms with Gasteiger partial charge in [-0.2, -0.15) is 17.5 Å². The Morgan fingerprint density at radius 1 is 1.26 bits per heavy atom. The molecule has 2 aromatic rings. The summed E-state index contributed by atoms with van der Waals surface area (Å²) in [5, 5.41) is 6.67. The summed E-state index contributed by atoms with van der Waals surface area (Å²) in [4.78, 5) is 12.2. The smallest absolute Gasteiger partial charge is 0.296 e. The van der Waals surface area contributed by atoms with E-state index in [0.717, 1.165) is 6.07 Å². The quantitative estimate of drug-likeness (QED) is 0.739. The van der Waals surface area contributed by atoms with Gasteiger partial charge in [-0.1, -0.05) is 36.8 Å². The lowest BCUT2D eigenvalue weighted by Gasteiger charge is -2.19. The number of carbonyl (C=O) groups is 1. The number of rotatable bonds is 6. The maximum Gasteiger partial charge on any atom is 0.445 e. The lowest BCUT2D eigenvalue weighted by Crippen LogP contribution is -2.30. The number of nitrogens with one attached hydrogen (secondary N) is 1. The van der Waals surface area contributed by atoms with Crippen molar-refractivity contribution in [3.05, 3.63) is 33.8 Å². The third-order valence-corrected chi connectivity index (χ3v) is 6.67. The van der Waals surface area contributed by atoms with Gasteiger partial charge >= 0.3 is 6.18 Å². The molecule has 0 fully saturated rings. The number of alkyl halides is 3.